The van der Waals surface area contributed by atoms with E-state index in [2.05, 4.69) is 4.40 Å². The number of aryl methyl sites for hydroxylation is 1. The topological polar surface area (TPSA) is 66.7 Å². The van der Waals surface area contributed by atoms with E-state index in [1.165, 1.54) is 18.3 Å². The predicted molar refractivity (Wildman–Crippen MR) is 109 cm³/mol. The quantitative estimate of drug-likeness (QED) is 0.412. The Bertz CT molecular complexity index is 1290. The van der Waals surface area contributed by atoms with Gasteiger partial charge in [-0.05, 0) is 35.2 Å². The van der Waals surface area contributed by atoms with Gasteiger partial charge in [0.1, 0.15) is 5.75 Å². The first kappa shape index (κ1) is 17.2. The molecule has 4 nitrogen and oxygen atoms in total. The van der Waals surface area contributed by atoms with E-state index in [1.807, 2.05) is 55.5 Å². The monoisotopic (exact) mass is 375 g/mol. The van der Waals surface area contributed by atoms with Gasteiger partial charge in [0.15, 0.2) is 0 Å². The van der Waals surface area contributed by atoms with Crippen LogP contribution in [-0.2, 0) is 10.0 Å². The number of benzene rings is 4. The number of sulfonamides is 1. The Balaban J connectivity index is 1.92. The number of rotatable bonds is 3. The Morgan fingerprint density at radius 1 is 0.778 bits per heavy atom. The van der Waals surface area contributed by atoms with E-state index >= 15 is 0 Å². The molecule has 0 saturated heterocycles. The maximum absolute atomic E-state index is 12.5. The predicted octanol–water partition coefficient (Wildman–Crippen LogP) is 4.81. The molecule has 4 aromatic rings. The third-order valence-electron chi connectivity index (χ3n) is 4.58. The minimum Gasteiger partial charge on any atom is -0.507 e. The molecule has 0 fully saturated rings. The van der Waals surface area contributed by atoms with Crippen LogP contribution >= 0.6 is 0 Å². The van der Waals surface area contributed by atoms with Crippen LogP contribution in [0.5, 0.6) is 5.75 Å². The zero-order chi connectivity index (χ0) is 19.0. The lowest BCUT2D eigenvalue weighted by atomic mass is 9.96. The van der Waals surface area contributed by atoms with Crippen LogP contribution in [0, 0.1) is 6.92 Å². The van der Waals surface area contributed by atoms with E-state index in [0.29, 0.717) is 10.9 Å². The third-order valence-corrected chi connectivity index (χ3v) is 5.83. The molecule has 0 amide bonds. The highest BCUT2D eigenvalue weighted by Crippen LogP contribution is 2.36. The summed E-state index contributed by atoms with van der Waals surface area (Å²) in [5.41, 5.74) is 1.36. The van der Waals surface area contributed by atoms with Crippen LogP contribution in [0.25, 0.3) is 21.5 Å². The number of nitrogens with zero attached hydrogens (tertiary/aromatic N) is 1. The molecule has 0 aliphatic rings. The minimum atomic E-state index is -3.86. The molecule has 0 aliphatic heterocycles. The lowest BCUT2D eigenvalue weighted by Gasteiger charge is -2.10. The normalized spacial score (nSPS) is 12.2. The molecule has 134 valence electrons. The average Bonchev–Trinajstić information content (AvgIpc) is 2.68. The van der Waals surface area contributed by atoms with E-state index in [-0.39, 0.29) is 10.6 Å². The van der Waals surface area contributed by atoms with Crippen LogP contribution in [0.15, 0.2) is 82.1 Å². The van der Waals surface area contributed by atoms with E-state index in [1.54, 1.807) is 12.1 Å². The van der Waals surface area contributed by atoms with Gasteiger partial charge in [-0.2, -0.15) is 12.8 Å². The fraction of sp³-hybridized carbons (Fsp3) is 0.0455. The number of phenols is 1. The first-order valence-electron chi connectivity index (χ1n) is 8.47. The molecule has 0 aliphatic carbocycles. The Morgan fingerprint density at radius 2 is 1.30 bits per heavy atom. The minimum absolute atomic E-state index is 0.0205. The molecule has 0 heterocycles. The molecular weight excluding hydrogens is 358 g/mol. The molecule has 0 radical (unpaired) electrons. The molecule has 4 rings (SSSR count). The summed E-state index contributed by atoms with van der Waals surface area (Å²) in [7, 11) is -3.86. The SMILES string of the molecule is Cc1ccc(S(=O)(=O)/N=C/c2c(O)c3ccccc3c3ccccc23)cc1. The van der Waals surface area contributed by atoms with Crippen molar-refractivity contribution < 1.29 is 13.5 Å². The second kappa shape index (κ2) is 6.52. The molecule has 0 atom stereocenters. The molecule has 0 saturated carbocycles. The van der Waals surface area contributed by atoms with E-state index < -0.39 is 10.0 Å². The Hall–Kier alpha value is -3.18. The van der Waals surface area contributed by atoms with Crippen LogP contribution < -0.4 is 0 Å². The van der Waals surface area contributed by atoms with Gasteiger partial charge in [-0.1, -0.05) is 66.2 Å². The highest BCUT2D eigenvalue weighted by atomic mass is 32.2. The summed E-state index contributed by atoms with van der Waals surface area (Å²) in [6.45, 7) is 1.89. The van der Waals surface area contributed by atoms with Gasteiger partial charge in [0.2, 0.25) is 0 Å². The first-order chi connectivity index (χ1) is 13.0. The Labute approximate surface area is 157 Å². The molecule has 4 aromatic carbocycles. The number of aromatic hydroxyl groups is 1. The van der Waals surface area contributed by atoms with Crippen molar-refractivity contribution in [2.24, 2.45) is 4.40 Å². The average molecular weight is 375 g/mol. The fourth-order valence-corrected chi connectivity index (χ4v) is 4.02. The van der Waals surface area contributed by atoms with Gasteiger partial charge in [-0.3, -0.25) is 0 Å². The summed E-state index contributed by atoms with van der Waals surface area (Å²) in [4.78, 5) is 0.119. The summed E-state index contributed by atoms with van der Waals surface area (Å²) < 4.78 is 28.9. The zero-order valence-corrected chi connectivity index (χ0v) is 15.4. The molecule has 5 heteroatoms. The molecule has 0 unspecified atom stereocenters. The first-order valence-corrected chi connectivity index (χ1v) is 9.91. The van der Waals surface area contributed by atoms with Crippen molar-refractivity contribution >= 4 is 37.8 Å². The van der Waals surface area contributed by atoms with Gasteiger partial charge in [0.25, 0.3) is 10.0 Å². The third kappa shape index (κ3) is 3.06. The molecule has 0 spiro atoms. The lowest BCUT2D eigenvalue weighted by Crippen LogP contribution is -1.98. The molecule has 0 bridgehead atoms. The van der Waals surface area contributed by atoms with Gasteiger partial charge in [-0.25, -0.2) is 0 Å². The van der Waals surface area contributed by atoms with Gasteiger partial charge in [0.05, 0.1) is 11.1 Å². The van der Waals surface area contributed by atoms with Crippen LogP contribution in [0.2, 0.25) is 0 Å². The maximum Gasteiger partial charge on any atom is 0.282 e. The zero-order valence-electron chi connectivity index (χ0n) is 14.6. The second-order valence-electron chi connectivity index (χ2n) is 6.38. The Kier molecular flexibility index (Phi) is 4.16. The summed E-state index contributed by atoms with van der Waals surface area (Å²) in [6.07, 6.45) is 1.24. The summed E-state index contributed by atoms with van der Waals surface area (Å²) in [5.74, 6) is 0.0205. The second-order valence-corrected chi connectivity index (χ2v) is 8.01. The standard InChI is InChI=1S/C22H17NO3S/c1-15-10-12-16(13-11-15)27(25,26)23-14-21-19-8-3-2-6-17(19)18-7-4-5-9-20(18)22(21)24/h2-14,24H,1H3/b23-14+. The van der Waals surface area contributed by atoms with Gasteiger partial charge >= 0.3 is 0 Å². The van der Waals surface area contributed by atoms with E-state index in [0.717, 1.165) is 21.7 Å². The van der Waals surface area contributed by atoms with Crippen LogP contribution in [0.4, 0.5) is 0 Å². The van der Waals surface area contributed by atoms with Crippen molar-refractivity contribution in [3.8, 4) is 5.75 Å². The van der Waals surface area contributed by atoms with Crippen molar-refractivity contribution in [3.05, 3.63) is 83.9 Å². The van der Waals surface area contributed by atoms with Crippen molar-refractivity contribution in [3.63, 3.8) is 0 Å². The van der Waals surface area contributed by atoms with E-state index in [4.69, 9.17) is 0 Å². The van der Waals surface area contributed by atoms with Crippen LogP contribution in [0.3, 0.4) is 0 Å². The summed E-state index contributed by atoms with van der Waals surface area (Å²) >= 11 is 0. The number of phenolic OH excluding ortho intramolecular Hbond substituents is 1. The summed E-state index contributed by atoms with van der Waals surface area (Å²) in [5, 5.41) is 14.0. The molecule has 0 aromatic heterocycles. The highest BCUT2D eigenvalue weighted by Gasteiger charge is 2.15. The number of fused-ring (bicyclic) bond motifs is 3. The molecule has 27 heavy (non-hydrogen) atoms. The van der Waals surface area contributed by atoms with Crippen LogP contribution in [0.1, 0.15) is 11.1 Å². The van der Waals surface area contributed by atoms with Crippen molar-refractivity contribution in [2.45, 2.75) is 11.8 Å². The lowest BCUT2D eigenvalue weighted by molar-refractivity contribution is 0.481. The summed E-state index contributed by atoms with van der Waals surface area (Å²) in [6, 6.07) is 21.6. The van der Waals surface area contributed by atoms with Crippen molar-refractivity contribution in [1.82, 2.24) is 0 Å². The van der Waals surface area contributed by atoms with Gasteiger partial charge in [0, 0.05) is 10.9 Å². The van der Waals surface area contributed by atoms with E-state index in [9.17, 15) is 13.5 Å². The highest BCUT2D eigenvalue weighted by molar-refractivity contribution is 7.90. The van der Waals surface area contributed by atoms with Crippen molar-refractivity contribution in [1.29, 1.82) is 0 Å². The number of hydrogen-bond acceptors (Lipinski definition) is 3. The smallest absolute Gasteiger partial charge is 0.282 e. The number of hydrogen-bond donors (Lipinski definition) is 1. The molecular formula is C22H17NO3S. The maximum atomic E-state index is 12.5. The van der Waals surface area contributed by atoms with Crippen molar-refractivity contribution in [2.75, 3.05) is 0 Å². The molecule has 1 N–H and O–H groups in total. The van der Waals surface area contributed by atoms with Crippen LogP contribution in [-0.4, -0.2) is 19.7 Å². The van der Waals surface area contributed by atoms with Gasteiger partial charge in [-0.15, -0.1) is 0 Å². The fourth-order valence-electron chi connectivity index (χ4n) is 3.17. The Morgan fingerprint density at radius 3 is 1.93 bits per heavy atom. The largest absolute Gasteiger partial charge is 0.507 e. The van der Waals surface area contributed by atoms with Gasteiger partial charge < -0.3 is 5.11 Å².